The first kappa shape index (κ1) is 17.5. The maximum atomic E-state index is 11.7. The minimum Gasteiger partial charge on any atom is -0.382 e. The summed E-state index contributed by atoms with van der Waals surface area (Å²) in [6, 6.07) is 7.08. The summed E-state index contributed by atoms with van der Waals surface area (Å²) in [5, 5.41) is 5.96. The monoisotopic (exact) mass is 312 g/mol. The van der Waals surface area contributed by atoms with Crippen LogP contribution in [0.5, 0.6) is 0 Å². The van der Waals surface area contributed by atoms with E-state index in [0.29, 0.717) is 5.69 Å². The number of sulfone groups is 1. The maximum absolute atomic E-state index is 11.7. The number of hydrogen-bond donors (Lipinski definition) is 2. The molecule has 2 N–H and O–H groups in total. The van der Waals surface area contributed by atoms with Crippen LogP contribution in [0.25, 0.3) is 0 Å². The largest absolute Gasteiger partial charge is 0.382 e. The molecule has 1 atom stereocenters. The van der Waals surface area contributed by atoms with E-state index in [1.807, 2.05) is 32.9 Å². The summed E-state index contributed by atoms with van der Waals surface area (Å²) in [5.74, 6) is 0.0965. The molecule has 0 saturated carbocycles. The third-order valence-electron chi connectivity index (χ3n) is 3.01. The standard InChI is InChI=1S/C15H24N2O3S/c1-5-21(19,20)10-12(4)16-13-7-6-8-14(9-13)17-15(18)11(2)3/h6-9,11-12,16H,5,10H2,1-4H3,(H,17,18). The third-order valence-corrected chi connectivity index (χ3v) is 4.90. The fourth-order valence-electron chi connectivity index (χ4n) is 1.80. The van der Waals surface area contributed by atoms with Crippen LogP contribution in [0.2, 0.25) is 0 Å². The van der Waals surface area contributed by atoms with E-state index >= 15 is 0 Å². The van der Waals surface area contributed by atoms with Crippen LogP contribution in [0.1, 0.15) is 27.7 Å². The van der Waals surface area contributed by atoms with E-state index in [9.17, 15) is 13.2 Å². The lowest BCUT2D eigenvalue weighted by Crippen LogP contribution is -2.26. The Labute approximate surface area is 127 Å². The molecule has 0 radical (unpaired) electrons. The van der Waals surface area contributed by atoms with Crippen LogP contribution in [0.3, 0.4) is 0 Å². The molecule has 0 spiro atoms. The van der Waals surface area contributed by atoms with E-state index in [2.05, 4.69) is 10.6 Å². The molecule has 0 saturated heterocycles. The molecular formula is C15H24N2O3S. The molecule has 6 heteroatoms. The molecule has 0 aromatic heterocycles. The molecule has 0 aliphatic rings. The van der Waals surface area contributed by atoms with Crippen molar-refractivity contribution in [2.75, 3.05) is 22.1 Å². The lowest BCUT2D eigenvalue weighted by Gasteiger charge is -2.16. The highest BCUT2D eigenvalue weighted by atomic mass is 32.2. The number of benzene rings is 1. The zero-order valence-corrected chi connectivity index (χ0v) is 13.8. The zero-order valence-electron chi connectivity index (χ0n) is 13.0. The molecule has 0 aliphatic heterocycles. The van der Waals surface area contributed by atoms with E-state index in [1.165, 1.54) is 0 Å². The number of rotatable bonds is 7. The van der Waals surface area contributed by atoms with Gasteiger partial charge in [-0.3, -0.25) is 4.79 Å². The average molecular weight is 312 g/mol. The number of carbonyl (C=O) groups is 1. The molecule has 1 aromatic rings. The normalized spacial score (nSPS) is 13.0. The number of hydrogen-bond acceptors (Lipinski definition) is 4. The first-order valence-corrected chi connectivity index (χ1v) is 8.93. The van der Waals surface area contributed by atoms with Gasteiger partial charge in [-0.05, 0) is 25.1 Å². The average Bonchev–Trinajstić information content (AvgIpc) is 2.38. The molecule has 1 amide bonds. The molecule has 1 unspecified atom stereocenters. The summed E-state index contributed by atoms with van der Waals surface area (Å²) in [7, 11) is -3.01. The summed E-state index contributed by atoms with van der Waals surface area (Å²) in [5.41, 5.74) is 1.49. The van der Waals surface area contributed by atoms with Crippen LogP contribution >= 0.6 is 0 Å². The Balaban J connectivity index is 2.70. The van der Waals surface area contributed by atoms with Crippen LogP contribution < -0.4 is 10.6 Å². The highest BCUT2D eigenvalue weighted by Crippen LogP contribution is 2.17. The van der Waals surface area contributed by atoms with Gasteiger partial charge in [0.25, 0.3) is 0 Å². The zero-order chi connectivity index (χ0) is 16.0. The van der Waals surface area contributed by atoms with Gasteiger partial charge in [0.1, 0.15) is 0 Å². The Morgan fingerprint density at radius 2 is 1.81 bits per heavy atom. The Kier molecular flexibility index (Phi) is 6.20. The van der Waals surface area contributed by atoms with Gasteiger partial charge in [0.05, 0.1) is 5.75 Å². The van der Waals surface area contributed by atoms with Gasteiger partial charge < -0.3 is 10.6 Å². The molecule has 1 rings (SSSR count). The van der Waals surface area contributed by atoms with Gasteiger partial charge in [-0.25, -0.2) is 8.42 Å². The van der Waals surface area contributed by atoms with Gasteiger partial charge in [0.15, 0.2) is 9.84 Å². The summed E-state index contributed by atoms with van der Waals surface area (Å²) in [6.45, 7) is 7.13. The van der Waals surface area contributed by atoms with Crippen molar-refractivity contribution in [2.24, 2.45) is 5.92 Å². The predicted molar refractivity (Wildman–Crippen MR) is 87.3 cm³/mol. The fourth-order valence-corrected chi connectivity index (χ4v) is 2.88. The highest BCUT2D eigenvalue weighted by molar-refractivity contribution is 7.91. The quantitative estimate of drug-likeness (QED) is 0.811. The van der Waals surface area contributed by atoms with Gasteiger partial charge in [-0.1, -0.05) is 26.8 Å². The summed E-state index contributed by atoms with van der Waals surface area (Å²) < 4.78 is 23.2. The van der Waals surface area contributed by atoms with E-state index in [-0.39, 0.29) is 29.4 Å². The smallest absolute Gasteiger partial charge is 0.226 e. The van der Waals surface area contributed by atoms with E-state index in [1.54, 1.807) is 19.1 Å². The van der Waals surface area contributed by atoms with E-state index < -0.39 is 9.84 Å². The Morgan fingerprint density at radius 1 is 1.19 bits per heavy atom. The Morgan fingerprint density at radius 3 is 2.38 bits per heavy atom. The molecule has 0 bridgehead atoms. The van der Waals surface area contributed by atoms with Crippen LogP contribution in [-0.4, -0.2) is 31.9 Å². The van der Waals surface area contributed by atoms with Crippen molar-refractivity contribution in [2.45, 2.75) is 33.7 Å². The molecular weight excluding hydrogens is 288 g/mol. The number of carbonyl (C=O) groups excluding carboxylic acids is 1. The Hall–Kier alpha value is -1.56. The van der Waals surface area contributed by atoms with Gasteiger partial charge in [-0.2, -0.15) is 0 Å². The molecule has 118 valence electrons. The van der Waals surface area contributed by atoms with Crippen molar-refractivity contribution >= 4 is 27.1 Å². The molecule has 0 fully saturated rings. The van der Waals surface area contributed by atoms with Gasteiger partial charge >= 0.3 is 0 Å². The SMILES string of the molecule is CCS(=O)(=O)CC(C)Nc1cccc(NC(=O)C(C)C)c1. The van der Waals surface area contributed by atoms with Crippen LogP contribution in [-0.2, 0) is 14.6 Å². The second kappa shape index (κ2) is 7.45. The van der Waals surface area contributed by atoms with E-state index in [4.69, 9.17) is 0 Å². The van der Waals surface area contributed by atoms with Crippen molar-refractivity contribution in [3.63, 3.8) is 0 Å². The third kappa shape index (κ3) is 6.16. The number of anilines is 2. The summed E-state index contributed by atoms with van der Waals surface area (Å²) >= 11 is 0. The number of nitrogens with one attached hydrogen (secondary N) is 2. The molecule has 0 heterocycles. The second-order valence-electron chi connectivity index (χ2n) is 5.47. The molecule has 0 aliphatic carbocycles. The second-order valence-corrected chi connectivity index (χ2v) is 7.87. The number of amides is 1. The Bertz CT molecular complexity index is 582. The van der Waals surface area contributed by atoms with Crippen molar-refractivity contribution < 1.29 is 13.2 Å². The van der Waals surface area contributed by atoms with Crippen molar-refractivity contribution in [1.29, 1.82) is 0 Å². The van der Waals surface area contributed by atoms with Gasteiger partial charge in [0.2, 0.25) is 5.91 Å². The van der Waals surface area contributed by atoms with Crippen LogP contribution in [0.15, 0.2) is 24.3 Å². The lowest BCUT2D eigenvalue weighted by molar-refractivity contribution is -0.118. The van der Waals surface area contributed by atoms with Gasteiger partial charge in [-0.15, -0.1) is 0 Å². The first-order valence-electron chi connectivity index (χ1n) is 7.11. The lowest BCUT2D eigenvalue weighted by atomic mass is 10.2. The fraction of sp³-hybridized carbons (Fsp3) is 0.533. The van der Waals surface area contributed by atoms with Crippen molar-refractivity contribution in [3.05, 3.63) is 24.3 Å². The first-order chi connectivity index (χ1) is 9.73. The molecule has 5 nitrogen and oxygen atoms in total. The topological polar surface area (TPSA) is 75.3 Å². The minimum atomic E-state index is -3.01. The highest BCUT2D eigenvalue weighted by Gasteiger charge is 2.14. The van der Waals surface area contributed by atoms with Crippen molar-refractivity contribution in [1.82, 2.24) is 0 Å². The van der Waals surface area contributed by atoms with Crippen molar-refractivity contribution in [3.8, 4) is 0 Å². The van der Waals surface area contributed by atoms with E-state index in [0.717, 1.165) is 5.69 Å². The van der Waals surface area contributed by atoms with Crippen LogP contribution in [0.4, 0.5) is 11.4 Å². The van der Waals surface area contributed by atoms with Crippen LogP contribution in [0, 0.1) is 5.92 Å². The van der Waals surface area contributed by atoms with Gasteiger partial charge in [0, 0.05) is 29.1 Å². The molecule has 21 heavy (non-hydrogen) atoms. The summed E-state index contributed by atoms with van der Waals surface area (Å²) in [6.07, 6.45) is 0. The summed E-state index contributed by atoms with van der Waals surface area (Å²) in [4.78, 5) is 11.7. The predicted octanol–water partition coefficient (Wildman–Crippen LogP) is 2.52. The maximum Gasteiger partial charge on any atom is 0.226 e. The molecule has 1 aromatic carbocycles. The minimum absolute atomic E-state index is 0.0474.